The summed E-state index contributed by atoms with van der Waals surface area (Å²) < 4.78 is 5.13. The molecule has 0 saturated heterocycles. The zero-order valence-corrected chi connectivity index (χ0v) is 10.8. The first-order valence-electron chi connectivity index (χ1n) is 5.95. The van der Waals surface area contributed by atoms with Gasteiger partial charge in [-0.25, -0.2) is 4.79 Å². The highest BCUT2D eigenvalue weighted by Crippen LogP contribution is 2.20. The smallest absolute Gasteiger partial charge is 0.344 e. The fraction of sp³-hybridized carbons (Fsp3) is 0. The number of nitriles is 1. The highest BCUT2D eigenvalue weighted by atomic mass is 16.5. The quantitative estimate of drug-likeness (QED) is 0.487. The van der Waals surface area contributed by atoms with Gasteiger partial charge in [-0.05, 0) is 24.3 Å². The molecule has 0 aliphatic carbocycles. The summed E-state index contributed by atoms with van der Waals surface area (Å²) in [5.41, 5.74) is 0.678. The Bertz CT molecular complexity index is 759. The maximum absolute atomic E-state index is 12.1. The average molecular weight is 279 g/mol. The van der Waals surface area contributed by atoms with E-state index in [1.807, 2.05) is 6.07 Å². The Morgan fingerprint density at radius 2 is 1.86 bits per heavy atom. The predicted molar refractivity (Wildman–Crippen MR) is 73.3 cm³/mol. The van der Waals surface area contributed by atoms with E-state index in [1.165, 1.54) is 30.3 Å². The lowest BCUT2D eigenvalue weighted by atomic mass is 10.1. The highest BCUT2D eigenvalue weighted by molar-refractivity contribution is 5.99. The van der Waals surface area contributed by atoms with E-state index in [0.29, 0.717) is 18.1 Å². The Hall–Kier alpha value is -3.26. The first-order valence-corrected chi connectivity index (χ1v) is 5.95. The van der Waals surface area contributed by atoms with E-state index in [0.717, 1.165) is 0 Å². The van der Waals surface area contributed by atoms with Gasteiger partial charge in [-0.2, -0.15) is 5.26 Å². The number of carbonyl (C=O) groups excluding carboxylic acids is 3. The van der Waals surface area contributed by atoms with Crippen molar-refractivity contribution in [2.75, 3.05) is 0 Å². The lowest BCUT2D eigenvalue weighted by Crippen LogP contribution is -2.12. The van der Waals surface area contributed by atoms with Gasteiger partial charge in [-0.15, -0.1) is 0 Å². The van der Waals surface area contributed by atoms with Crippen molar-refractivity contribution >= 4 is 18.5 Å². The van der Waals surface area contributed by atoms with Crippen LogP contribution in [0.1, 0.15) is 36.6 Å². The summed E-state index contributed by atoms with van der Waals surface area (Å²) in [6.45, 7) is 0. The Morgan fingerprint density at radius 3 is 2.52 bits per heavy atom. The molecular formula is C16H9NO4. The molecule has 2 aromatic rings. The van der Waals surface area contributed by atoms with E-state index in [2.05, 4.69) is 0 Å². The highest BCUT2D eigenvalue weighted by Gasteiger charge is 2.15. The zero-order valence-electron chi connectivity index (χ0n) is 10.8. The van der Waals surface area contributed by atoms with Crippen LogP contribution in [-0.2, 0) is 0 Å². The number of benzene rings is 2. The van der Waals surface area contributed by atoms with Gasteiger partial charge in [-0.1, -0.05) is 18.2 Å². The third-order valence-corrected chi connectivity index (χ3v) is 2.77. The van der Waals surface area contributed by atoms with Gasteiger partial charge < -0.3 is 4.74 Å². The van der Waals surface area contributed by atoms with Gasteiger partial charge in [0.05, 0.1) is 11.1 Å². The predicted octanol–water partition coefficient (Wildman–Crippen LogP) is 2.40. The monoisotopic (exact) mass is 279 g/mol. The summed E-state index contributed by atoms with van der Waals surface area (Å²) in [5.74, 6) is -0.707. The molecule has 0 amide bonds. The number of hydrogen-bond donors (Lipinski definition) is 0. The molecule has 21 heavy (non-hydrogen) atoms. The van der Waals surface area contributed by atoms with E-state index < -0.39 is 5.97 Å². The van der Waals surface area contributed by atoms with Gasteiger partial charge in [0.15, 0.2) is 6.29 Å². The zero-order chi connectivity index (χ0) is 15.2. The largest absolute Gasteiger partial charge is 0.421 e. The van der Waals surface area contributed by atoms with Crippen molar-refractivity contribution in [2.24, 2.45) is 0 Å². The molecule has 0 fully saturated rings. The molecule has 0 spiro atoms. The van der Waals surface area contributed by atoms with Gasteiger partial charge >= 0.3 is 5.97 Å². The van der Waals surface area contributed by atoms with Crippen LogP contribution in [0.5, 0.6) is 5.75 Å². The number of carbonyl (C=O) groups is 3. The van der Waals surface area contributed by atoms with Crippen molar-refractivity contribution in [3.05, 3.63) is 64.7 Å². The number of esters is 1. The van der Waals surface area contributed by atoms with E-state index in [9.17, 15) is 14.4 Å². The Balaban J connectivity index is 2.34. The topological polar surface area (TPSA) is 84.2 Å². The molecule has 0 bridgehead atoms. The van der Waals surface area contributed by atoms with Crippen molar-refractivity contribution in [3.63, 3.8) is 0 Å². The second-order valence-corrected chi connectivity index (χ2v) is 4.08. The van der Waals surface area contributed by atoms with E-state index >= 15 is 0 Å². The van der Waals surface area contributed by atoms with Crippen LogP contribution in [0.25, 0.3) is 0 Å². The second kappa shape index (κ2) is 6.26. The van der Waals surface area contributed by atoms with Crippen LogP contribution in [0.3, 0.4) is 0 Å². The van der Waals surface area contributed by atoms with Crippen molar-refractivity contribution in [2.45, 2.75) is 0 Å². The molecule has 0 aliphatic rings. The molecule has 0 heterocycles. The standard InChI is InChI=1S/C16H9NO4/c17-8-13-7-11(9-18)5-6-15(13)21-16(20)14-4-2-1-3-12(14)10-19/h1-7,9-10H. The van der Waals surface area contributed by atoms with Crippen LogP contribution in [0.15, 0.2) is 42.5 Å². The first kappa shape index (κ1) is 14.2. The fourth-order valence-electron chi connectivity index (χ4n) is 1.74. The third kappa shape index (κ3) is 3.01. The minimum atomic E-state index is -0.743. The van der Waals surface area contributed by atoms with Crippen molar-refractivity contribution < 1.29 is 19.1 Å². The molecule has 0 aromatic heterocycles. The third-order valence-electron chi connectivity index (χ3n) is 2.77. The molecule has 2 aromatic carbocycles. The van der Waals surface area contributed by atoms with Crippen molar-refractivity contribution in [1.29, 1.82) is 5.26 Å². The molecule has 2 rings (SSSR count). The number of rotatable bonds is 4. The molecular weight excluding hydrogens is 270 g/mol. The lowest BCUT2D eigenvalue weighted by Gasteiger charge is -2.07. The Morgan fingerprint density at radius 1 is 1.10 bits per heavy atom. The number of nitrogens with zero attached hydrogens (tertiary/aromatic N) is 1. The summed E-state index contributed by atoms with van der Waals surface area (Å²) >= 11 is 0. The number of hydrogen-bond acceptors (Lipinski definition) is 5. The first-order chi connectivity index (χ1) is 10.2. The van der Waals surface area contributed by atoms with E-state index in [-0.39, 0.29) is 22.4 Å². The fourth-order valence-corrected chi connectivity index (χ4v) is 1.74. The van der Waals surface area contributed by atoms with Gasteiger partial charge in [0.25, 0.3) is 0 Å². The molecule has 102 valence electrons. The molecule has 0 saturated carbocycles. The second-order valence-electron chi connectivity index (χ2n) is 4.08. The van der Waals surface area contributed by atoms with Crippen molar-refractivity contribution in [1.82, 2.24) is 0 Å². The van der Waals surface area contributed by atoms with Crippen LogP contribution < -0.4 is 4.74 Å². The minimum absolute atomic E-state index is 0.0359. The maximum atomic E-state index is 12.1. The van der Waals surface area contributed by atoms with Crippen LogP contribution in [0, 0.1) is 11.3 Å². The molecule has 0 N–H and O–H groups in total. The molecule has 5 heteroatoms. The summed E-state index contributed by atoms with van der Waals surface area (Å²) in [6.07, 6.45) is 1.14. The number of aldehydes is 2. The summed E-state index contributed by atoms with van der Waals surface area (Å²) in [7, 11) is 0. The molecule has 0 radical (unpaired) electrons. The van der Waals surface area contributed by atoms with Gasteiger partial charge in [0, 0.05) is 11.1 Å². The summed E-state index contributed by atoms with van der Waals surface area (Å²) in [5, 5.41) is 9.01. The molecule has 0 unspecified atom stereocenters. The molecule has 0 aliphatic heterocycles. The van der Waals surface area contributed by atoms with E-state index in [4.69, 9.17) is 10.00 Å². The van der Waals surface area contributed by atoms with Crippen LogP contribution >= 0.6 is 0 Å². The van der Waals surface area contributed by atoms with Crippen LogP contribution in [0.2, 0.25) is 0 Å². The number of ether oxygens (including phenoxy) is 1. The molecule has 0 atom stereocenters. The van der Waals surface area contributed by atoms with E-state index in [1.54, 1.807) is 12.1 Å². The Kier molecular flexibility index (Phi) is 4.22. The van der Waals surface area contributed by atoms with Gasteiger partial charge in [0.1, 0.15) is 18.1 Å². The lowest BCUT2D eigenvalue weighted by molar-refractivity contribution is 0.0731. The SMILES string of the molecule is N#Cc1cc(C=O)ccc1OC(=O)c1ccccc1C=O. The molecule has 5 nitrogen and oxygen atoms in total. The van der Waals surface area contributed by atoms with Gasteiger partial charge in [0.2, 0.25) is 0 Å². The summed E-state index contributed by atoms with van der Waals surface area (Å²) in [4.78, 5) is 33.6. The van der Waals surface area contributed by atoms with Crippen LogP contribution in [0.4, 0.5) is 0 Å². The maximum Gasteiger partial charge on any atom is 0.344 e. The minimum Gasteiger partial charge on any atom is -0.421 e. The van der Waals surface area contributed by atoms with Gasteiger partial charge in [-0.3, -0.25) is 9.59 Å². The summed E-state index contributed by atoms with van der Waals surface area (Å²) in [6, 6.07) is 12.1. The van der Waals surface area contributed by atoms with Crippen LogP contribution in [-0.4, -0.2) is 18.5 Å². The Labute approximate surface area is 120 Å². The normalized spacial score (nSPS) is 9.48. The van der Waals surface area contributed by atoms with Crippen molar-refractivity contribution in [3.8, 4) is 11.8 Å². The average Bonchev–Trinajstić information content (AvgIpc) is 2.55.